The fraction of sp³-hybridized carbons (Fsp3) is 0.0769. The Kier molecular flexibility index (Phi) is 6.66. The molecule has 0 aliphatic carbocycles. The van der Waals surface area contributed by atoms with Gasteiger partial charge in [-0.2, -0.15) is 0 Å². The lowest BCUT2D eigenvalue weighted by Gasteiger charge is -2.13. The van der Waals surface area contributed by atoms with Crippen LogP contribution in [0.3, 0.4) is 0 Å². The zero-order valence-electron chi connectivity index (χ0n) is 18.9. The van der Waals surface area contributed by atoms with E-state index in [0.29, 0.717) is 27.2 Å². The summed E-state index contributed by atoms with van der Waals surface area (Å²) in [5.41, 5.74) is 7.27. The zero-order valence-corrected chi connectivity index (χ0v) is 19.6. The minimum Gasteiger partial charge on any atom is -0.505 e. The van der Waals surface area contributed by atoms with E-state index in [9.17, 15) is 14.7 Å². The summed E-state index contributed by atoms with van der Waals surface area (Å²) in [4.78, 5) is 24.7. The van der Waals surface area contributed by atoms with Crippen LogP contribution < -0.4 is 15.8 Å². The lowest BCUT2D eigenvalue weighted by atomic mass is 10.0. The SMILES string of the molecule is COc1ccc(C(N)=O)cc1N=Nc1c(O)c(C(=O)Nc2ccc(Cl)cc2C)cc2ccccc12. The number of methoxy groups -OCH3 is 1. The summed E-state index contributed by atoms with van der Waals surface area (Å²) < 4.78 is 5.29. The molecule has 0 saturated carbocycles. The number of azo groups is 1. The quantitative estimate of drug-likeness (QED) is 0.276. The number of phenols is 1. The van der Waals surface area contributed by atoms with Crippen molar-refractivity contribution in [2.75, 3.05) is 12.4 Å². The molecule has 0 aliphatic rings. The molecule has 0 aliphatic heterocycles. The van der Waals surface area contributed by atoms with E-state index in [-0.39, 0.29) is 28.3 Å². The number of aromatic hydroxyl groups is 1. The van der Waals surface area contributed by atoms with Crippen molar-refractivity contribution >= 4 is 51.2 Å². The van der Waals surface area contributed by atoms with Crippen LogP contribution in [0.1, 0.15) is 26.3 Å². The number of anilines is 1. The predicted octanol–water partition coefficient (Wildman–Crippen LogP) is 6.28. The third-order valence-electron chi connectivity index (χ3n) is 5.40. The van der Waals surface area contributed by atoms with Gasteiger partial charge < -0.3 is 20.9 Å². The van der Waals surface area contributed by atoms with Gasteiger partial charge in [-0.15, -0.1) is 10.2 Å². The zero-order chi connectivity index (χ0) is 25.1. The second-order valence-electron chi connectivity index (χ2n) is 7.71. The van der Waals surface area contributed by atoms with E-state index >= 15 is 0 Å². The fourth-order valence-corrected chi connectivity index (χ4v) is 3.80. The highest BCUT2D eigenvalue weighted by Crippen LogP contribution is 2.40. The van der Waals surface area contributed by atoms with Gasteiger partial charge in [-0.05, 0) is 60.3 Å². The Labute approximate surface area is 206 Å². The molecule has 0 radical (unpaired) electrons. The van der Waals surface area contributed by atoms with Gasteiger partial charge in [-0.3, -0.25) is 9.59 Å². The molecule has 4 N–H and O–H groups in total. The number of halogens is 1. The van der Waals surface area contributed by atoms with Gasteiger partial charge in [0.15, 0.2) is 5.75 Å². The first kappa shape index (κ1) is 23.7. The van der Waals surface area contributed by atoms with Gasteiger partial charge in [0.2, 0.25) is 5.91 Å². The number of hydrogen-bond acceptors (Lipinski definition) is 6. The van der Waals surface area contributed by atoms with Gasteiger partial charge in [0.1, 0.15) is 17.1 Å². The highest BCUT2D eigenvalue weighted by Gasteiger charge is 2.19. The van der Waals surface area contributed by atoms with Crippen LogP contribution in [0.2, 0.25) is 5.02 Å². The van der Waals surface area contributed by atoms with Crippen molar-refractivity contribution < 1.29 is 19.4 Å². The number of primary amides is 1. The number of aryl methyl sites for hydroxylation is 1. The topological polar surface area (TPSA) is 126 Å². The molecule has 0 heterocycles. The summed E-state index contributed by atoms with van der Waals surface area (Å²) in [6.45, 7) is 1.81. The molecule has 176 valence electrons. The van der Waals surface area contributed by atoms with Crippen LogP contribution in [0.25, 0.3) is 10.8 Å². The third-order valence-corrected chi connectivity index (χ3v) is 5.63. The fourth-order valence-electron chi connectivity index (χ4n) is 3.57. The van der Waals surface area contributed by atoms with Crippen LogP contribution in [0.5, 0.6) is 11.5 Å². The number of nitrogens with one attached hydrogen (secondary N) is 1. The van der Waals surface area contributed by atoms with Crippen LogP contribution in [0, 0.1) is 6.92 Å². The van der Waals surface area contributed by atoms with E-state index in [2.05, 4.69) is 15.5 Å². The van der Waals surface area contributed by atoms with Crippen LogP contribution in [0.15, 0.2) is 77.0 Å². The number of rotatable bonds is 6. The number of ether oxygens (including phenoxy) is 1. The molecule has 4 aromatic rings. The van der Waals surface area contributed by atoms with E-state index in [4.69, 9.17) is 22.1 Å². The molecule has 0 bridgehead atoms. The molecule has 35 heavy (non-hydrogen) atoms. The van der Waals surface area contributed by atoms with E-state index in [1.165, 1.54) is 19.2 Å². The largest absolute Gasteiger partial charge is 0.505 e. The summed E-state index contributed by atoms with van der Waals surface area (Å²) in [5, 5.41) is 24.1. The summed E-state index contributed by atoms with van der Waals surface area (Å²) >= 11 is 6.01. The van der Waals surface area contributed by atoms with Gasteiger partial charge >= 0.3 is 0 Å². The first-order valence-corrected chi connectivity index (χ1v) is 10.9. The molecule has 0 unspecified atom stereocenters. The van der Waals surface area contributed by atoms with E-state index in [0.717, 1.165) is 5.56 Å². The van der Waals surface area contributed by atoms with Gasteiger partial charge in [-0.1, -0.05) is 35.9 Å². The summed E-state index contributed by atoms with van der Waals surface area (Å²) in [6, 6.07) is 18.3. The number of carbonyl (C=O) groups excluding carboxylic acids is 2. The Morgan fingerprint density at radius 1 is 1.03 bits per heavy atom. The maximum atomic E-state index is 13.1. The van der Waals surface area contributed by atoms with Crippen molar-refractivity contribution in [1.29, 1.82) is 0 Å². The molecule has 4 aromatic carbocycles. The molecule has 8 nitrogen and oxygen atoms in total. The Balaban J connectivity index is 1.80. The van der Waals surface area contributed by atoms with E-state index in [1.54, 1.807) is 48.5 Å². The molecule has 2 amide bonds. The molecule has 0 fully saturated rings. The van der Waals surface area contributed by atoms with Gasteiger partial charge in [0.05, 0.1) is 12.7 Å². The monoisotopic (exact) mass is 488 g/mol. The number of phenolic OH excluding ortho intramolecular Hbond substituents is 1. The van der Waals surface area contributed by atoms with Gasteiger partial charge in [0, 0.05) is 21.7 Å². The molecule has 0 aromatic heterocycles. The van der Waals surface area contributed by atoms with Crippen LogP contribution in [0.4, 0.5) is 17.1 Å². The maximum Gasteiger partial charge on any atom is 0.259 e. The average molecular weight is 489 g/mol. The van der Waals surface area contributed by atoms with Crippen LogP contribution >= 0.6 is 11.6 Å². The smallest absolute Gasteiger partial charge is 0.259 e. The number of benzene rings is 4. The van der Waals surface area contributed by atoms with Crippen molar-refractivity contribution in [2.24, 2.45) is 16.0 Å². The first-order chi connectivity index (χ1) is 16.8. The molecule has 0 spiro atoms. The second-order valence-corrected chi connectivity index (χ2v) is 8.14. The normalized spacial score (nSPS) is 11.1. The molecular weight excluding hydrogens is 468 g/mol. The summed E-state index contributed by atoms with van der Waals surface area (Å²) in [7, 11) is 1.45. The number of carbonyl (C=O) groups is 2. The lowest BCUT2D eigenvalue weighted by molar-refractivity contribution is 0.0997. The summed E-state index contributed by atoms with van der Waals surface area (Å²) in [5.74, 6) is -1.15. The molecule has 9 heteroatoms. The number of fused-ring (bicyclic) bond motifs is 1. The molecule has 0 atom stereocenters. The number of nitrogens with two attached hydrogens (primary N) is 1. The minimum absolute atomic E-state index is 0.0184. The highest BCUT2D eigenvalue weighted by molar-refractivity contribution is 6.30. The Hall–Kier alpha value is -4.43. The predicted molar refractivity (Wildman–Crippen MR) is 135 cm³/mol. The third kappa shape index (κ3) is 4.92. The number of amides is 2. The average Bonchev–Trinajstić information content (AvgIpc) is 2.84. The van der Waals surface area contributed by atoms with E-state index in [1.807, 2.05) is 13.0 Å². The van der Waals surface area contributed by atoms with Gasteiger partial charge in [0.25, 0.3) is 5.91 Å². The molecule has 4 rings (SSSR count). The van der Waals surface area contributed by atoms with Crippen molar-refractivity contribution in [3.8, 4) is 11.5 Å². The van der Waals surface area contributed by atoms with Crippen molar-refractivity contribution in [1.82, 2.24) is 0 Å². The Morgan fingerprint density at radius 3 is 2.51 bits per heavy atom. The van der Waals surface area contributed by atoms with E-state index < -0.39 is 11.8 Å². The maximum absolute atomic E-state index is 13.1. The van der Waals surface area contributed by atoms with Crippen LogP contribution in [-0.4, -0.2) is 24.0 Å². The highest BCUT2D eigenvalue weighted by atomic mass is 35.5. The molecular formula is C26H21ClN4O4. The Morgan fingerprint density at radius 2 is 1.80 bits per heavy atom. The Bertz CT molecular complexity index is 1500. The number of hydrogen-bond donors (Lipinski definition) is 3. The standard InChI is InChI=1S/C26H21ClN4O4/c1-14-11-17(27)8-9-20(14)29-26(34)19-12-15-5-3-4-6-18(15)23(24(19)32)31-30-21-13-16(25(28)33)7-10-22(21)35-2/h3-13,32H,1-2H3,(H2,28,33)(H,29,34). The van der Waals surface area contributed by atoms with Crippen molar-refractivity contribution in [3.05, 3.63) is 88.4 Å². The lowest BCUT2D eigenvalue weighted by Crippen LogP contribution is -2.13. The first-order valence-electron chi connectivity index (χ1n) is 10.5. The number of nitrogens with zero attached hydrogens (tertiary/aromatic N) is 2. The minimum atomic E-state index is -0.631. The van der Waals surface area contributed by atoms with Crippen molar-refractivity contribution in [3.63, 3.8) is 0 Å². The second kappa shape index (κ2) is 9.82. The summed E-state index contributed by atoms with van der Waals surface area (Å²) in [6.07, 6.45) is 0. The van der Waals surface area contributed by atoms with Crippen molar-refractivity contribution in [2.45, 2.75) is 6.92 Å². The van der Waals surface area contributed by atoms with Gasteiger partial charge in [-0.25, -0.2) is 0 Å². The molecule has 0 saturated heterocycles. The van der Waals surface area contributed by atoms with Crippen LogP contribution in [-0.2, 0) is 0 Å².